The van der Waals surface area contributed by atoms with E-state index >= 15 is 0 Å². The van der Waals surface area contributed by atoms with Crippen LogP contribution in [-0.4, -0.2) is 58.8 Å². The second kappa shape index (κ2) is 6.18. The van der Waals surface area contributed by atoms with Gasteiger partial charge < -0.3 is 4.74 Å². The van der Waals surface area contributed by atoms with Crippen LogP contribution in [0.3, 0.4) is 0 Å². The molecule has 1 N–H and O–H groups in total. The van der Waals surface area contributed by atoms with Crippen LogP contribution in [0.15, 0.2) is 24.3 Å². The van der Waals surface area contributed by atoms with Gasteiger partial charge in [0.1, 0.15) is 11.6 Å². The summed E-state index contributed by atoms with van der Waals surface area (Å²) < 4.78 is 5.29. The van der Waals surface area contributed by atoms with Crippen molar-refractivity contribution in [2.45, 2.75) is 19.5 Å². The summed E-state index contributed by atoms with van der Waals surface area (Å²) in [5.41, 5.74) is 1.39. The Labute approximate surface area is 142 Å². The molecule has 2 fully saturated rings. The molecule has 2 saturated heterocycles. The molecule has 2 aliphatic heterocycles. The molecule has 6 heteroatoms. The smallest absolute Gasteiger partial charge is 0.164 e. The number of H-pyrrole nitrogens is 1. The lowest BCUT2D eigenvalue weighted by molar-refractivity contribution is 0.222. The van der Waals surface area contributed by atoms with Gasteiger partial charge in [-0.25, -0.2) is 4.98 Å². The summed E-state index contributed by atoms with van der Waals surface area (Å²) in [6, 6.07) is 9.05. The molecule has 2 aromatic rings. The number of benzene rings is 1. The molecular formula is C18H25N5O. The van der Waals surface area contributed by atoms with Gasteiger partial charge in [0.25, 0.3) is 0 Å². The van der Waals surface area contributed by atoms with Crippen molar-refractivity contribution in [3.8, 4) is 5.75 Å². The van der Waals surface area contributed by atoms with E-state index in [9.17, 15) is 0 Å². The molecule has 0 bridgehead atoms. The van der Waals surface area contributed by atoms with E-state index < -0.39 is 0 Å². The van der Waals surface area contributed by atoms with Crippen molar-refractivity contribution >= 4 is 0 Å². The highest BCUT2D eigenvalue weighted by atomic mass is 16.5. The van der Waals surface area contributed by atoms with Crippen LogP contribution in [0.25, 0.3) is 0 Å². The Morgan fingerprint density at radius 3 is 2.67 bits per heavy atom. The van der Waals surface area contributed by atoms with Gasteiger partial charge in [-0.1, -0.05) is 12.1 Å². The number of rotatable bonds is 4. The van der Waals surface area contributed by atoms with Crippen LogP contribution in [0.2, 0.25) is 0 Å². The quantitative estimate of drug-likeness (QED) is 0.929. The van der Waals surface area contributed by atoms with Crippen LogP contribution < -0.4 is 4.74 Å². The summed E-state index contributed by atoms with van der Waals surface area (Å²) in [6.45, 7) is 6.19. The molecule has 1 aromatic carbocycles. The molecule has 3 atom stereocenters. The van der Waals surface area contributed by atoms with E-state index in [4.69, 9.17) is 4.74 Å². The molecule has 0 amide bonds. The molecule has 128 valence electrons. The van der Waals surface area contributed by atoms with E-state index in [-0.39, 0.29) is 0 Å². The Hall–Kier alpha value is -1.92. The van der Waals surface area contributed by atoms with Crippen molar-refractivity contribution in [3.05, 3.63) is 41.5 Å². The summed E-state index contributed by atoms with van der Waals surface area (Å²) in [5, 5.41) is 7.22. The Morgan fingerprint density at radius 2 is 2.00 bits per heavy atom. The topological polar surface area (TPSA) is 57.3 Å². The minimum atomic E-state index is 0.486. The maximum Gasteiger partial charge on any atom is 0.164 e. The molecule has 0 saturated carbocycles. The van der Waals surface area contributed by atoms with E-state index in [1.807, 2.05) is 6.92 Å². The number of hydrogen-bond acceptors (Lipinski definition) is 5. The van der Waals surface area contributed by atoms with Gasteiger partial charge in [0.15, 0.2) is 5.82 Å². The van der Waals surface area contributed by atoms with Crippen LogP contribution in [-0.2, 0) is 6.54 Å². The summed E-state index contributed by atoms with van der Waals surface area (Å²) in [6.07, 6.45) is 0. The van der Waals surface area contributed by atoms with Gasteiger partial charge in [-0.2, -0.15) is 5.10 Å². The van der Waals surface area contributed by atoms with Gasteiger partial charge in [-0.05, 0) is 43.5 Å². The van der Waals surface area contributed by atoms with Crippen LogP contribution >= 0.6 is 0 Å². The standard InChI is InChI=1S/C18H25N5O/c1-12-19-17(21-20-12)11-23-9-14-8-22(2)18(16(14)10-23)13-4-6-15(24-3)7-5-13/h4-7,14,16,18H,8-11H2,1-3H3,(H,19,20,21)/t14-,16+,18-/m0/s1. The second-order valence-electron chi connectivity index (χ2n) is 7.11. The number of aryl methyl sites for hydroxylation is 1. The Kier molecular flexibility index (Phi) is 4.02. The number of nitrogens with one attached hydrogen (secondary N) is 1. The molecule has 4 rings (SSSR count). The van der Waals surface area contributed by atoms with Gasteiger partial charge in [-0.3, -0.25) is 14.9 Å². The predicted molar refractivity (Wildman–Crippen MR) is 91.7 cm³/mol. The second-order valence-corrected chi connectivity index (χ2v) is 7.11. The van der Waals surface area contributed by atoms with E-state index in [2.05, 4.69) is 56.3 Å². The largest absolute Gasteiger partial charge is 0.497 e. The SMILES string of the molecule is COc1ccc([C@H]2[C@@H]3CN(Cc4n[nH]c(C)n4)C[C@@H]3CN2C)cc1. The average molecular weight is 327 g/mol. The zero-order valence-electron chi connectivity index (χ0n) is 14.6. The summed E-state index contributed by atoms with van der Waals surface area (Å²) in [7, 11) is 3.96. The summed E-state index contributed by atoms with van der Waals surface area (Å²) in [5.74, 6) is 4.11. The molecule has 24 heavy (non-hydrogen) atoms. The molecule has 0 radical (unpaired) electrons. The Bertz CT molecular complexity index is 698. The third-order valence-corrected chi connectivity index (χ3v) is 5.44. The highest BCUT2D eigenvalue weighted by Gasteiger charge is 2.46. The highest BCUT2D eigenvalue weighted by Crippen LogP contribution is 2.44. The number of aromatic amines is 1. The first-order valence-electron chi connectivity index (χ1n) is 8.58. The van der Waals surface area contributed by atoms with Crippen molar-refractivity contribution < 1.29 is 4.74 Å². The molecule has 0 unspecified atom stereocenters. The van der Waals surface area contributed by atoms with E-state index in [1.165, 1.54) is 5.56 Å². The van der Waals surface area contributed by atoms with Crippen LogP contribution in [0.5, 0.6) is 5.75 Å². The first kappa shape index (κ1) is 15.6. The molecule has 0 aliphatic carbocycles. The molecular weight excluding hydrogens is 302 g/mol. The van der Waals surface area contributed by atoms with Crippen molar-refractivity contribution in [3.63, 3.8) is 0 Å². The van der Waals surface area contributed by atoms with Crippen molar-refractivity contribution in [1.29, 1.82) is 0 Å². The van der Waals surface area contributed by atoms with Crippen LogP contribution in [0.4, 0.5) is 0 Å². The zero-order valence-corrected chi connectivity index (χ0v) is 14.6. The van der Waals surface area contributed by atoms with E-state index in [0.29, 0.717) is 12.0 Å². The van der Waals surface area contributed by atoms with Gasteiger partial charge >= 0.3 is 0 Å². The van der Waals surface area contributed by atoms with Crippen molar-refractivity contribution in [1.82, 2.24) is 25.0 Å². The number of aromatic nitrogens is 3. The molecule has 1 aromatic heterocycles. The van der Waals surface area contributed by atoms with Gasteiger partial charge in [0, 0.05) is 25.7 Å². The normalized spacial score (nSPS) is 27.5. The Morgan fingerprint density at radius 1 is 1.21 bits per heavy atom. The molecule has 3 heterocycles. The number of fused-ring (bicyclic) bond motifs is 1. The monoisotopic (exact) mass is 327 g/mol. The van der Waals surface area contributed by atoms with Gasteiger partial charge in [0.2, 0.25) is 0 Å². The first-order valence-corrected chi connectivity index (χ1v) is 8.58. The fraction of sp³-hybridized carbons (Fsp3) is 0.556. The highest BCUT2D eigenvalue weighted by molar-refractivity contribution is 5.30. The van der Waals surface area contributed by atoms with E-state index in [1.54, 1.807) is 7.11 Å². The number of ether oxygens (including phenoxy) is 1. The number of nitrogens with zero attached hydrogens (tertiary/aromatic N) is 4. The van der Waals surface area contributed by atoms with E-state index in [0.717, 1.165) is 49.5 Å². The zero-order chi connectivity index (χ0) is 16.7. The lowest BCUT2D eigenvalue weighted by atomic mass is 9.89. The number of methoxy groups -OCH3 is 1. The molecule has 0 spiro atoms. The van der Waals surface area contributed by atoms with Gasteiger partial charge in [-0.15, -0.1) is 0 Å². The molecule has 2 aliphatic rings. The maximum absolute atomic E-state index is 5.29. The minimum absolute atomic E-state index is 0.486. The van der Waals surface area contributed by atoms with Crippen LogP contribution in [0.1, 0.15) is 23.3 Å². The average Bonchev–Trinajstić information content (AvgIpc) is 3.22. The van der Waals surface area contributed by atoms with Crippen molar-refractivity contribution in [2.75, 3.05) is 33.8 Å². The fourth-order valence-electron chi connectivity index (χ4n) is 4.44. The third kappa shape index (κ3) is 2.80. The maximum atomic E-state index is 5.29. The Balaban J connectivity index is 1.48. The predicted octanol–water partition coefficient (Wildman–Crippen LogP) is 1.86. The summed E-state index contributed by atoms with van der Waals surface area (Å²) >= 11 is 0. The summed E-state index contributed by atoms with van der Waals surface area (Å²) in [4.78, 5) is 9.45. The minimum Gasteiger partial charge on any atom is -0.497 e. The lowest BCUT2D eigenvalue weighted by Crippen LogP contribution is -2.29. The lowest BCUT2D eigenvalue weighted by Gasteiger charge is -2.26. The van der Waals surface area contributed by atoms with Crippen molar-refractivity contribution in [2.24, 2.45) is 11.8 Å². The van der Waals surface area contributed by atoms with Gasteiger partial charge in [0.05, 0.1) is 13.7 Å². The first-order chi connectivity index (χ1) is 11.6. The fourth-order valence-corrected chi connectivity index (χ4v) is 4.44. The van der Waals surface area contributed by atoms with Crippen LogP contribution in [0, 0.1) is 18.8 Å². The third-order valence-electron chi connectivity index (χ3n) is 5.44. The number of likely N-dealkylation sites (tertiary alicyclic amines) is 2. The molecule has 6 nitrogen and oxygen atoms in total. The number of hydrogen-bond donors (Lipinski definition) is 1.